The Morgan fingerprint density at radius 1 is 1.14 bits per heavy atom. The van der Waals surface area contributed by atoms with Crippen LogP contribution in [0.25, 0.3) is 0 Å². The summed E-state index contributed by atoms with van der Waals surface area (Å²) in [6.45, 7) is 9.17. The van der Waals surface area contributed by atoms with Gasteiger partial charge in [-0.15, -0.1) is 0 Å². The van der Waals surface area contributed by atoms with Crippen LogP contribution in [-0.4, -0.2) is 27.9 Å². The lowest BCUT2D eigenvalue weighted by atomic mass is 9.43. The topological polar surface area (TPSA) is 76.0 Å². The Morgan fingerprint density at radius 3 is 2.64 bits per heavy atom. The second kappa shape index (κ2) is 5.44. The van der Waals surface area contributed by atoms with E-state index in [0.29, 0.717) is 29.6 Å². The molecule has 2 saturated carbocycles. The number of hydrogen-bond acceptors (Lipinski definition) is 5. The highest BCUT2D eigenvalue weighted by molar-refractivity contribution is 5.95. The molecule has 2 fully saturated rings. The molecular weight excluding hydrogens is 356 g/mol. The van der Waals surface area contributed by atoms with Gasteiger partial charge in [0, 0.05) is 23.0 Å². The summed E-state index contributed by atoms with van der Waals surface area (Å²) in [5.74, 6) is 1.07. The Morgan fingerprint density at radius 2 is 1.89 bits per heavy atom. The van der Waals surface area contributed by atoms with Gasteiger partial charge in [0.2, 0.25) is 0 Å². The van der Waals surface area contributed by atoms with E-state index in [-0.39, 0.29) is 35.3 Å². The zero-order chi connectivity index (χ0) is 20.1. The summed E-state index contributed by atoms with van der Waals surface area (Å²) >= 11 is 0. The number of phenols is 1. The largest absolute Gasteiger partial charge is 0.508 e. The van der Waals surface area contributed by atoms with Crippen LogP contribution in [0.2, 0.25) is 0 Å². The van der Waals surface area contributed by atoms with Gasteiger partial charge in [-0.1, -0.05) is 27.7 Å². The van der Waals surface area contributed by atoms with Gasteiger partial charge in [0.15, 0.2) is 0 Å². The van der Waals surface area contributed by atoms with Gasteiger partial charge in [0.05, 0.1) is 11.7 Å². The van der Waals surface area contributed by atoms with Crippen molar-refractivity contribution >= 4 is 5.97 Å². The second-order valence-corrected chi connectivity index (χ2v) is 10.3. The number of cyclic esters (lactones) is 1. The van der Waals surface area contributed by atoms with Gasteiger partial charge in [-0.25, -0.2) is 4.79 Å². The summed E-state index contributed by atoms with van der Waals surface area (Å²) in [5, 5.41) is 21.4. The van der Waals surface area contributed by atoms with Gasteiger partial charge >= 0.3 is 5.97 Å². The van der Waals surface area contributed by atoms with Gasteiger partial charge in [-0.2, -0.15) is 0 Å². The van der Waals surface area contributed by atoms with Crippen LogP contribution in [0.15, 0.2) is 6.07 Å². The molecule has 2 aliphatic heterocycles. The Balaban J connectivity index is 1.65. The highest BCUT2D eigenvalue weighted by Gasteiger charge is 2.67. The average molecular weight is 386 g/mol. The summed E-state index contributed by atoms with van der Waals surface area (Å²) < 4.78 is 12.1. The number of esters is 1. The molecular formula is C23H30O5. The standard InChI is InChI=1S/C23H30O5/c1-12-5-6-17-21(2,3)18(25)7-8-22(17,4)23(12)10-14-16(24)9-13-15(19(14)28-23)11-27-20(13)26/h9,12,17-18,24-25H,5-8,10-11H2,1-4H3/t12-,17+,18-,22+,23?/m1/s1. The zero-order valence-corrected chi connectivity index (χ0v) is 17.2. The molecule has 28 heavy (non-hydrogen) atoms. The molecule has 0 saturated heterocycles. The van der Waals surface area contributed by atoms with E-state index in [9.17, 15) is 15.0 Å². The predicted molar refractivity (Wildman–Crippen MR) is 103 cm³/mol. The monoisotopic (exact) mass is 386 g/mol. The van der Waals surface area contributed by atoms with Gasteiger partial charge < -0.3 is 19.7 Å². The van der Waals surface area contributed by atoms with Gasteiger partial charge in [0.1, 0.15) is 23.7 Å². The third-order valence-corrected chi connectivity index (χ3v) is 8.87. The highest BCUT2D eigenvalue weighted by Crippen LogP contribution is 2.67. The highest BCUT2D eigenvalue weighted by atomic mass is 16.5. The number of hydrogen-bond donors (Lipinski definition) is 2. The van der Waals surface area contributed by atoms with Crippen LogP contribution < -0.4 is 4.74 Å². The summed E-state index contributed by atoms with van der Waals surface area (Å²) in [6, 6.07) is 1.55. The maximum Gasteiger partial charge on any atom is 0.339 e. The van der Waals surface area contributed by atoms with Crippen LogP contribution in [0, 0.1) is 22.7 Å². The van der Waals surface area contributed by atoms with Crippen molar-refractivity contribution in [1.29, 1.82) is 0 Å². The molecule has 2 heterocycles. The number of ether oxygens (including phenoxy) is 2. The molecule has 2 N–H and O–H groups in total. The van der Waals surface area contributed by atoms with E-state index in [1.54, 1.807) is 6.07 Å². The minimum Gasteiger partial charge on any atom is -0.508 e. The smallest absolute Gasteiger partial charge is 0.339 e. The molecule has 2 aliphatic carbocycles. The third kappa shape index (κ3) is 1.99. The number of carbonyl (C=O) groups is 1. The number of aliphatic hydroxyl groups excluding tert-OH is 1. The van der Waals surface area contributed by atoms with Crippen LogP contribution in [0.1, 0.15) is 74.9 Å². The maximum absolute atomic E-state index is 12.0. The molecule has 1 aromatic carbocycles. The summed E-state index contributed by atoms with van der Waals surface area (Å²) in [5.41, 5.74) is 1.29. The minimum absolute atomic E-state index is 0.116. The van der Waals surface area contributed by atoms with Crippen LogP contribution >= 0.6 is 0 Å². The van der Waals surface area contributed by atoms with E-state index in [1.165, 1.54) is 0 Å². The van der Waals surface area contributed by atoms with Crippen molar-refractivity contribution in [2.75, 3.05) is 0 Å². The first-order valence-corrected chi connectivity index (χ1v) is 10.5. The van der Waals surface area contributed by atoms with Gasteiger partial charge in [0.25, 0.3) is 0 Å². The van der Waals surface area contributed by atoms with E-state index >= 15 is 0 Å². The summed E-state index contributed by atoms with van der Waals surface area (Å²) in [4.78, 5) is 12.0. The molecule has 5 heteroatoms. The molecule has 4 aliphatic rings. The number of rotatable bonds is 0. The van der Waals surface area contributed by atoms with Crippen molar-refractivity contribution in [2.45, 2.75) is 78.1 Å². The Labute approximate surface area is 166 Å². The Hall–Kier alpha value is -1.75. The third-order valence-electron chi connectivity index (χ3n) is 8.87. The molecule has 5 nitrogen and oxygen atoms in total. The van der Waals surface area contributed by atoms with Gasteiger partial charge in [-0.05, 0) is 49.0 Å². The maximum atomic E-state index is 12.0. The van der Waals surface area contributed by atoms with E-state index < -0.39 is 5.60 Å². The van der Waals surface area contributed by atoms with Gasteiger partial charge in [-0.3, -0.25) is 0 Å². The van der Waals surface area contributed by atoms with Crippen LogP contribution in [0.3, 0.4) is 0 Å². The normalized spacial score (nSPS) is 40.5. The lowest BCUT2D eigenvalue weighted by Crippen LogP contribution is -2.66. The van der Waals surface area contributed by atoms with E-state index in [1.807, 2.05) is 0 Å². The van der Waals surface area contributed by atoms with Crippen molar-refractivity contribution in [3.63, 3.8) is 0 Å². The van der Waals surface area contributed by atoms with Crippen molar-refractivity contribution in [3.8, 4) is 11.5 Å². The van der Waals surface area contributed by atoms with Crippen LogP contribution in [0.4, 0.5) is 0 Å². The molecule has 1 aromatic rings. The molecule has 0 aromatic heterocycles. The average Bonchev–Trinajstić information content (AvgIpc) is 3.20. The van der Waals surface area contributed by atoms with E-state index in [0.717, 1.165) is 36.8 Å². The lowest BCUT2D eigenvalue weighted by Gasteiger charge is -2.64. The number of phenolic OH excluding ortho intramolecular Hbond substituents is 1. The first-order chi connectivity index (χ1) is 13.1. The zero-order valence-electron chi connectivity index (χ0n) is 17.2. The Kier molecular flexibility index (Phi) is 3.55. The Bertz CT molecular complexity index is 874. The summed E-state index contributed by atoms with van der Waals surface area (Å²) in [6.07, 6.45) is 4.12. The first-order valence-electron chi connectivity index (χ1n) is 10.5. The fourth-order valence-electron chi connectivity index (χ4n) is 7.09. The van der Waals surface area contributed by atoms with Crippen molar-refractivity contribution < 1.29 is 24.5 Å². The molecule has 152 valence electrons. The lowest BCUT2D eigenvalue weighted by molar-refractivity contribution is -0.210. The number of benzene rings is 1. The quantitative estimate of drug-likeness (QED) is 0.660. The van der Waals surface area contributed by atoms with Crippen molar-refractivity contribution in [1.82, 2.24) is 0 Å². The molecule has 0 amide bonds. The molecule has 0 bridgehead atoms. The van der Waals surface area contributed by atoms with Crippen LogP contribution in [0.5, 0.6) is 11.5 Å². The molecule has 5 atom stereocenters. The molecule has 5 rings (SSSR count). The number of fused-ring (bicyclic) bond motifs is 5. The molecule has 0 radical (unpaired) electrons. The minimum atomic E-state index is -0.437. The summed E-state index contributed by atoms with van der Waals surface area (Å²) in [7, 11) is 0. The SMILES string of the molecule is C[C@@H]1CC[C@H]2C(C)(C)[C@H](O)CC[C@]2(C)C12Cc1c(O)cc3c(c1O2)COC3=O. The molecule has 1 spiro atoms. The van der Waals surface area contributed by atoms with Crippen LogP contribution in [-0.2, 0) is 17.8 Å². The van der Waals surface area contributed by atoms with E-state index in [4.69, 9.17) is 9.47 Å². The second-order valence-electron chi connectivity index (χ2n) is 10.3. The number of aromatic hydroxyl groups is 1. The number of aliphatic hydroxyl groups is 1. The predicted octanol–water partition coefficient (Wildman–Crippen LogP) is 3.97. The fourth-order valence-corrected chi connectivity index (χ4v) is 7.09. The molecule has 1 unspecified atom stereocenters. The van der Waals surface area contributed by atoms with E-state index in [2.05, 4.69) is 27.7 Å². The number of carbonyl (C=O) groups excluding carboxylic acids is 1. The first kappa shape index (κ1) is 18.3. The van der Waals surface area contributed by atoms with Crippen molar-refractivity contribution in [2.24, 2.45) is 22.7 Å². The van der Waals surface area contributed by atoms with Crippen molar-refractivity contribution in [3.05, 3.63) is 22.8 Å². The fraction of sp³-hybridized carbons (Fsp3) is 0.696.